The largest absolute Gasteiger partial charge is 0.496 e. The van der Waals surface area contributed by atoms with Crippen LogP contribution in [-0.4, -0.2) is 23.1 Å². The molecule has 0 bridgehead atoms. The maximum absolute atomic E-state index is 13.5. The highest BCUT2D eigenvalue weighted by Gasteiger charge is 2.33. The molecule has 34 heavy (non-hydrogen) atoms. The van der Waals surface area contributed by atoms with Crippen LogP contribution >= 0.6 is 11.8 Å². The average molecular weight is 465 g/mol. The van der Waals surface area contributed by atoms with Gasteiger partial charge >= 0.3 is 0 Å². The van der Waals surface area contributed by atoms with Crippen molar-refractivity contribution in [3.63, 3.8) is 0 Å². The second-order valence-corrected chi connectivity index (χ2v) is 8.98. The number of ether oxygens (including phenoxy) is 1. The van der Waals surface area contributed by atoms with Crippen LogP contribution in [0.25, 0.3) is 16.8 Å². The maximum atomic E-state index is 13.5. The zero-order chi connectivity index (χ0) is 23.3. The van der Waals surface area contributed by atoms with Crippen molar-refractivity contribution in [1.82, 2.24) is 4.90 Å². The fourth-order valence-corrected chi connectivity index (χ4v) is 4.98. The first kappa shape index (κ1) is 22.0. The van der Waals surface area contributed by atoms with Gasteiger partial charge in [0.05, 0.1) is 25.1 Å². The fourth-order valence-electron chi connectivity index (χ4n) is 4.01. The van der Waals surface area contributed by atoms with Crippen molar-refractivity contribution >= 4 is 39.7 Å². The van der Waals surface area contributed by atoms with Crippen LogP contribution in [0.2, 0.25) is 0 Å². The number of thioether (sulfide) groups is 1. The highest BCUT2D eigenvalue weighted by molar-refractivity contribution is 8.18. The number of amides is 1. The third-order valence-corrected chi connectivity index (χ3v) is 6.78. The minimum atomic E-state index is -0.0273. The first-order valence-electron chi connectivity index (χ1n) is 11.1. The Balaban J connectivity index is 1.52. The number of carbonyl (C=O) groups is 1. The minimum absolute atomic E-state index is 0.0273. The number of nitrogens with zero attached hydrogens (tertiary/aromatic N) is 2. The van der Waals surface area contributed by atoms with Gasteiger partial charge in [0.25, 0.3) is 5.91 Å². The summed E-state index contributed by atoms with van der Waals surface area (Å²) in [4.78, 5) is 20.8. The molecule has 0 aliphatic carbocycles. The van der Waals surface area contributed by atoms with Crippen LogP contribution in [0, 0.1) is 0 Å². The molecule has 168 valence electrons. The number of methoxy groups -OCH3 is 1. The first-order valence-corrected chi connectivity index (χ1v) is 11.9. The van der Waals surface area contributed by atoms with Crippen molar-refractivity contribution in [3.8, 4) is 5.75 Å². The Morgan fingerprint density at radius 1 is 0.824 bits per heavy atom. The van der Waals surface area contributed by atoms with Crippen LogP contribution in [0.4, 0.5) is 0 Å². The molecule has 0 atom stereocenters. The van der Waals surface area contributed by atoms with E-state index in [-0.39, 0.29) is 5.91 Å². The molecule has 4 aromatic rings. The Morgan fingerprint density at radius 2 is 1.47 bits per heavy atom. The molecule has 5 heteroatoms. The quantitative estimate of drug-likeness (QED) is 0.305. The van der Waals surface area contributed by atoms with Gasteiger partial charge in [0.2, 0.25) is 0 Å². The normalized spacial score (nSPS) is 16.0. The molecular weight excluding hydrogens is 440 g/mol. The van der Waals surface area contributed by atoms with Gasteiger partial charge in [-0.1, -0.05) is 91.0 Å². The summed E-state index contributed by atoms with van der Waals surface area (Å²) in [5, 5.41) is 2.79. The van der Waals surface area contributed by atoms with Gasteiger partial charge in [-0.3, -0.25) is 14.7 Å². The van der Waals surface area contributed by atoms with E-state index >= 15 is 0 Å². The zero-order valence-corrected chi connectivity index (χ0v) is 19.7. The summed E-state index contributed by atoms with van der Waals surface area (Å²) < 4.78 is 5.53. The second kappa shape index (κ2) is 9.98. The lowest BCUT2D eigenvalue weighted by molar-refractivity contribution is -0.122. The van der Waals surface area contributed by atoms with Gasteiger partial charge in [-0.2, -0.15) is 0 Å². The molecule has 1 fully saturated rings. The summed E-state index contributed by atoms with van der Waals surface area (Å²) in [6.07, 6.45) is 1.97. The van der Waals surface area contributed by atoms with Crippen LogP contribution < -0.4 is 4.74 Å². The molecule has 1 aliphatic rings. The van der Waals surface area contributed by atoms with Crippen LogP contribution in [0.3, 0.4) is 0 Å². The summed E-state index contributed by atoms with van der Waals surface area (Å²) in [5.74, 6) is 0.791. The van der Waals surface area contributed by atoms with Crippen molar-refractivity contribution < 1.29 is 9.53 Å². The lowest BCUT2D eigenvalue weighted by Crippen LogP contribution is -2.28. The van der Waals surface area contributed by atoms with Gasteiger partial charge in [0, 0.05) is 5.39 Å². The molecular formula is C29H24N2O2S. The van der Waals surface area contributed by atoms with E-state index in [1.807, 2.05) is 97.1 Å². The Bertz CT molecular complexity index is 1380. The average Bonchev–Trinajstić information content (AvgIpc) is 3.18. The molecule has 1 amide bonds. The zero-order valence-electron chi connectivity index (χ0n) is 18.8. The molecule has 5 rings (SSSR count). The highest BCUT2D eigenvalue weighted by Crippen LogP contribution is 2.36. The number of benzene rings is 4. The Hall–Kier alpha value is -3.83. The Kier molecular flexibility index (Phi) is 6.45. The molecule has 1 heterocycles. The number of hydrogen-bond acceptors (Lipinski definition) is 4. The van der Waals surface area contributed by atoms with Crippen molar-refractivity contribution in [3.05, 3.63) is 119 Å². The second-order valence-electron chi connectivity index (χ2n) is 7.97. The van der Waals surface area contributed by atoms with E-state index < -0.39 is 0 Å². The highest BCUT2D eigenvalue weighted by atomic mass is 32.2. The minimum Gasteiger partial charge on any atom is -0.496 e. The predicted octanol–water partition coefficient (Wildman–Crippen LogP) is 6.52. The topological polar surface area (TPSA) is 41.9 Å². The van der Waals surface area contributed by atoms with E-state index in [1.54, 1.807) is 12.0 Å². The Labute approximate surface area is 203 Å². The number of rotatable bonds is 6. The van der Waals surface area contributed by atoms with Gasteiger partial charge in [-0.25, -0.2) is 0 Å². The number of fused-ring (bicyclic) bond motifs is 1. The van der Waals surface area contributed by atoms with Crippen LogP contribution in [0.15, 0.2) is 107 Å². The molecule has 0 N–H and O–H groups in total. The molecule has 1 saturated heterocycles. The van der Waals surface area contributed by atoms with E-state index in [0.717, 1.165) is 38.4 Å². The number of aliphatic imine (C=N–C) groups is 1. The van der Waals surface area contributed by atoms with Crippen molar-refractivity contribution in [2.24, 2.45) is 4.99 Å². The summed E-state index contributed by atoms with van der Waals surface area (Å²) in [6.45, 7) is 1.02. The molecule has 0 saturated carbocycles. The molecule has 4 nitrogen and oxygen atoms in total. The van der Waals surface area contributed by atoms with Crippen LogP contribution in [0.1, 0.15) is 16.7 Å². The SMILES string of the molecule is COc1ccc(/C=C2/SC(=NCc3ccccc3)N(Cc3ccccc3)C2=O)c2ccccc12. The fraction of sp³-hybridized carbons (Fsp3) is 0.103. The number of amidine groups is 1. The van der Waals surface area contributed by atoms with Crippen molar-refractivity contribution in [2.45, 2.75) is 13.1 Å². The summed E-state index contributed by atoms with van der Waals surface area (Å²) >= 11 is 1.43. The summed E-state index contributed by atoms with van der Waals surface area (Å²) in [7, 11) is 1.67. The van der Waals surface area contributed by atoms with Crippen LogP contribution in [-0.2, 0) is 17.9 Å². The molecule has 0 aromatic heterocycles. The lowest BCUT2D eigenvalue weighted by Gasteiger charge is -2.15. The van der Waals surface area contributed by atoms with E-state index in [9.17, 15) is 4.79 Å². The third kappa shape index (κ3) is 4.61. The Morgan fingerprint density at radius 3 is 2.18 bits per heavy atom. The third-order valence-electron chi connectivity index (χ3n) is 5.74. The molecule has 0 radical (unpaired) electrons. The van der Waals surface area contributed by atoms with Gasteiger partial charge in [-0.15, -0.1) is 0 Å². The predicted molar refractivity (Wildman–Crippen MR) is 141 cm³/mol. The van der Waals surface area contributed by atoms with E-state index in [0.29, 0.717) is 18.0 Å². The summed E-state index contributed by atoms with van der Waals surface area (Å²) in [6, 6.07) is 32.2. The maximum Gasteiger partial charge on any atom is 0.267 e. The van der Waals surface area contributed by atoms with Crippen molar-refractivity contribution in [1.29, 1.82) is 0 Å². The van der Waals surface area contributed by atoms with Gasteiger partial charge < -0.3 is 4.74 Å². The van der Waals surface area contributed by atoms with Gasteiger partial charge in [-0.05, 0) is 46.0 Å². The molecule has 1 aliphatic heterocycles. The van der Waals surface area contributed by atoms with Crippen molar-refractivity contribution in [2.75, 3.05) is 7.11 Å². The van der Waals surface area contributed by atoms with E-state index in [2.05, 4.69) is 6.07 Å². The van der Waals surface area contributed by atoms with E-state index in [4.69, 9.17) is 9.73 Å². The summed E-state index contributed by atoms with van der Waals surface area (Å²) in [5.41, 5.74) is 3.16. The standard InChI is InChI=1S/C29H24N2O2S/c1-33-26-17-16-23(24-14-8-9-15-25(24)26)18-27-28(32)31(20-22-12-6-3-7-13-22)29(34-27)30-19-21-10-4-2-5-11-21/h2-18H,19-20H2,1H3/b27-18+,30-29?. The number of carbonyl (C=O) groups excluding carboxylic acids is 1. The van der Waals surface area contributed by atoms with E-state index in [1.165, 1.54) is 11.8 Å². The molecule has 0 spiro atoms. The monoisotopic (exact) mass is 464 g/mol. The number of hydrogen-bond donors (Lipinski definition) is 0. The molecule has 4 aromatic carbocycles. The first-order chi connectivity index (χ1) is 16.7. The molecule has 0 unspecified atom stereocenters. The van der Waals surface area contributed by atoms with Crippen LogP contribution in [0.5, 0.6) is 5.75 Å². The van der Waals surface area contributed by atoms with Gasteiger partial charge in [0.1, 0.15) is 5.75 Å². The van der Waals surface area contributed by atoms with Gasteiger partial charge in [0.15, 0.2) is 5.17 Å². The smallest absolute Gasteiger partial charge is 0.267 e. The lowest BCUT2D eigenvalue weighted by atomic mass is 10.0.